The Kier molecular flexibility index (Phi) is 5.26. The minimum absolute atomic E-state index is 0.123. The average Bonchev–Trinajstić information content (AvgIpc) is 2.50. The molecule has 1 aliphatic rings. The van der Waals surface area contributed by atoms with E-state index in [1.54, 1.807) is 12.1 Å². The second kappa shape index (κ2) is 7.57. The summed E-state index contributed by atoms with van der Waals surface area (Å²) in [7, 11) is 0. The molecule has 2 aromatic rings. The van der Waals surface area contributed by atoms with E-state index in [1.807, 2.05) is 18.2 Å². The first-order valence-corrected chi connectivity index (χ1v) is 8.03. The summed E-state index contributed by atoms with van der Waals surface area (Å²) in [6.45, 7) is 0.628. The van der Waals surface area contributed by atoms with E-state index in [1.165, 1.54) is 5.56 Å². The molecule has 0 N–H and O–H groups in total. The third-order valence-electron chi connectivity index (χ3n) is 3.80. The van der Waals surface area contributed by atoms with Crippen LogP contribution in [0.2, 0.25) is 5.15 Å². The van der Waals surface area contributed by atoms with Crippen molar-refractivity contribution in [3.8, 4) is 5.75 Å². The number of ether oxygens (including phenoxy) is 2. The Hall–Kier alpha value is -1.91. The van der Waals surface area contributed by atoms with Gasteiger partial charge in [-0.3, -0.25) is 0 Å². The molecule has 1 fully saturated rings. The molecule has 0 bridgehead atoms. The molecule has 0 saturated heterocycles. The van der Waals surface area contributed by atoms with Crippen LogP contribution in [0.25, 0.3) is 0 Å². The zero-order valence-electron chi connectivity index (χ0n) is 12.7. The van der Waals surface area contributed by atoms with Gasteiger partial charge in [0.1, 0.15) is 23.3 Å². The van der Waals surface area contributed by atoms with Crippen LogP contribution >= 0.6 is 11.6 Å². The molecule has 120 valence electrons. The lowest BCUT2D eigenvalue weighted by Crippen LogP contribution is -2.39. The van der Waals surface area contributed by atoms with E-state index in [-0.39, 0.29) is 18.6 Å². The Bertz CT molecular complexity index is 657. The minimum Gasteiger partial charge on any atom is -0.490 e. The van der Waals surface area contributed by atoms with Gasteiger partial charge in [0.05, 0.1) is 18.4 Å². The highest BCUT2D eigenvalue weighted by Crippen LogP contribution is 2.30. The number of carbonyl (C=O) groups excluding carboxylic acids is 1. The van der Waals surface area contributed by atoms with Gasteiger partial charge in [-0.1, -0.05) is 41.9 Å². The number of nitrogens with zero attached hydrogens (tertiary/aromatic N) is 1. The first-order valence-electron chi connectivity index (χ1n) is 7.65. The normalized spacial score (nSPS) is 19.9. The van der Waals surface area contributed by atoms with Gasteiger partial charge in [0.2, 0.25) is 0 Å². The molecule has 1 aromatic carbocycles. The van der Waals surface area contributed by atoms with Crippen LogP contribution in [0.3, 0.4) is 0 Å². The van der Waals surface area contributed by atoms with Crippen molar-refractivity contribution in [2.45, 2.75) is 38.1 Å². The second-order valence-electron chi connectivity index (χ2n) is 5.62. The second-order valence-corrected chi connectivity index (χ2v) is 6.00. The SMILES string of the molecule is O=CCc1cc(OC2CC(OCc3ccccc3)C2)cc(Cl)n1. The number of rotatable bonds is 7. The van der Waals surface area contributed by atoms with E-state index < -0.39 is 0 Å². The van der Waals surface area contributed by atoms with E-state index in [2.05, 4.69) is 17.1 Å². The van der Waals surface area contributed by atoms with Gasteiger partial charge in [-0.05, 0) is 5.56 Å². The molecule has 5 heteroatoms. The standard InChI is InChI=1S/C18H18ClNO3/c19-18-11-16(8-14(20-18)6-7-21)23-17-9-15(10-17)22-12-13-4-2-1-3-5-13/h1-5,7-8,11,15,17H,6,9-10,12H2. The molecule has 1 aliphatic carbocycles. The number of aromatic nitrogens is 1. The predicted octanol–water partition coefficient (Wildman–Crippen LogP) is 3.60. The van der Waals surface area contributed by atoms with Crippen LogP contribution < -0.4 is 4.74 Å². The van der Waals surface area contributed by atoms with E-state index in [0.29, 0.717) is 23.2 Å². The third kappa shape index (κ3) is 4.53. The third-order valence-corrected chi connectivity index (χ3v) is 3.99. The summed E-state index contributed by atoms with van der Waals surface area (Å²) in [6, 6.07) is 13.6. The maximum Gasteiger partial charge on any atom is 0.133 e. The Morgan fingerprint density at radius 2 is 1.96 bits per heavy atom. The number of hydrogen-bond donors (Lipinski definition) is 0. The van der Waals surface area contributed by atoms with Gasteiger partial charge in [0, 0.05) is 31.4 Å². The maximum atomic E-state index is 10.6. The van der Waals surface area contributed by atoms with Crippen molar-refractivity contribution in [1.82, 2.24) is 4.98 Å². The molecule has 1 aromatic heterocycles. The fourth-order valence-corrected chi connectivity index (χ4v) is 2.73. The van der Waals surface area contributed by atoms with Gasteiger partial charge < -0.3 is 14.3 Å². The summed E-state index contributed by atoms with van der Waals surface area (Å²) in [5, 5.41) is 0.343. The minimum atomic E-state index is 0.123. The van der Waals surface area contributed by atoms with E-state index in [0.717, 1.165) is 19.1 Å². The lowest BCUT2D eigenvalue weighted by Gasteiger charge is -2.35. The molecule has 0 atom stereocenters. The van der Waals surface area contributed by atoms with Gasteiger partial charge in [0.15, 0.2) is 0 Å². The highest BCUT2D eigenvalue weighted by molar-refractivity contribution is 6.29. The van der Waals surface area contributed by atoms with Crippen molar-refractivity contribution in [3.63, 3.8) is 0 Å². The maximum absolute atomic E-state index is 10.6. The molecule has 0 radical (unpaired) electrons. The van der Waals surface area contributed by atoms with Gasteiger partial charge in [-0.25, -0.2) is 4.98 Å². The summed E-state index contributed by atoms with van der Waals surface area (Å²) < 4.78 is 11.7. The summed E-state index contributed by atoms with van der Waals surface area (Å²) in [5.74, 6) is 0.661. The van der Waals surface area contributed by atoms with Crippen LogP contribution in [0.4, 0.5) is 0 Å². The Labute approximate surface area is 140 Å². The van der Waals surface area contributed by atoms with Crippen molar-refractivity contribution < 1.29 is 14.3 Å². The fourth-order valence-electron chi connectivity index (χ4n) is 2.51. The molecule has 0 unspecified atom stereocenters. The molecule has 3 rings (SSSR count). The quantitative estimate of drug-likeness (QED) is 0.574. The number of benzene rings is 1. The van der Waals surface area contributed by atoms with Crippen molar-refractivity contribution in [1.29, 1.82) is 0 Å². The number of carbonyl (C=O) groups is 1. The molecule has 4 nitrogen and oxygen atoms in total. The van der Waals surface area contributed by atoms with E-state index in [4.69, 9.17) is 21.1 Å². The molecule has 23 heavy (non-hydrogen) atoms. The summed E-state index contributed by atoms with van der Waals surface area (Å²) in [6.07, 6.45) is 3.11. The van der Waals surface area contributed by atoms with Crippen LogP contribution in [-0.2, 0) is 22.6 Å². The van der Waals surface area contributed by atoms with Crippen LogP contribution in [0, 0.1) is 0 Å². The van der Waals surface area contributed by atoms with Crippen LogP contribution in [-0.4, -0.2) is 23.5 Å². The van der Waals surface area contributed by atoms with Gasteiger partial charge >= 0.3 is 0 Å². The predicted molar refractivity (Wildman–Crippen MR) is 87.7 cm³/mol. The van der Waals surface area contributed by atoms with Crippen molar-refractivity contribution >= 4 is 17.9 Å². The highest BCUT2D eigenvalue weighted by Gasteiger charge is 2.31. The van der Waals surface area contributed by atoms with E-state index in [9.17, 15) is 4.79 Å². The topological polar surface area (TPSA) is 48.4 Å². The summed E-state index contributed by atoms with van der Waals surface area (Å²) in [4.78, 5) is 14.7. The van der Waals surface area contributed by atoms with Gasteiger partial charge in [-0.2, -0.15) is 0 Å². The molecule has 0 aliphatic heterocycles. The zero-order valence-corrected chi connectivity index (χ0v) is 13.4. The smallest absolute Gasteiger partial charge is 0.133 e. The first-order chi connectivity index (χ1) is 11.2. The summed E-state index contributed by atoms with van der Waals surface area (Å²) in [5.41, 5.74) is 1.80. The van der Waals surface area contributed by atoms with Gasteiger partial charge in [0.25, 0.3) is 0 Å². The van der Waals surface area contributed by atoms with Crippen LogP contribution in [0.1, 0.15) is 24.1 Å². The largest absolute Gasteiger partial charge is 0.490 e. The average molecular weight is 332 g/mol. The molecule has 0 amide bonds. The van der Waals surface area contributed by atoms with Crippen LogP contribution in [0.15, 0.2) is 42.5 Å². The Balaban J connectivity index is 1.46. The number of halogens is 1. The lowest BCUT2D eigenvalue weighted by molar-refractivity contribution is -0.107. The van der Waals surface area contributed by atoms with Crippen molar-refractivity contribution in [3.05, 3.63) is 58.9 Å². The number of hydrogen-bond acceptors (Lipinski definition) is 4. The molecule has 1 saturated carbocycles. The van der Waals surface area contributed by atoms with Crippen molar-refractivity contribution in [2.24, 2.45) is 0 Å². The monoisotopic (exact) mass is 331 g/mol. The van der Waals surface area contributed by atoms with Crippen LogP contribution in [0.5, 0.6) is 5.75 Å². The van der Waals surface area contributed by atoms with Gasteiger partial charge in [-0.15, -0.1) is 0 Å². The zero-order chi connectivity index (χ0) is 16.1. The molecular weight excluding hydrogens is 314 g/mol. The van der Waals surface area contributed by atoms with E-state index >= 15 is 0 Å². The Morgan fingerprint density at radius 1 is 1.17 bits per heavy atom. The molecule has 0 spiro atoms. The first kappa shape index (κ1) is 16.0. The Morgan fingerprint density at radius 3 is 2.70 bits per heavy atom. The lowest BCUT2D eigenvalue weighted by atomic mass is 9.92. The highest BCUT2D eigenvalue weighted by atomic mass is 35.5. The summed E-state index contributed by atoms with van der Waals surface area (Å²) >= 11 is 5.94. The molecule has 1 heterocycles. The molecular formula is C18H18ClNO3. The number of aldehydes is 1. The van der Waals surface area contributed by atoms with Crippen molar-refractivity contribution in [2.75, 3.05) is 0 Å². The number of pyridine rings is 1. The fraction of sp³-hybridized carbons (Fsp3) is 0.333.